The fourth-order valence-electron chi connectivity index (χ4n) is 4.17. The normalized spacial score (nSPS) is 26.6. The average molecular weight is 335 g/mol. The molecule has 0 aromatic carbocycles. The van der Waals surface area contributed by atoms with E-state index in [1.54, 1.807) is 11.9 Å². The Bertz CT molecular complexity index is 494. The third kappa shape index (κ3) is 3.73. The smallest absolute Gasteiger partial charge is 0.226 e. The maximum Gasteiger partial charge on any atom is 0.226 e. The highest BCUT2D eigenvalue weighted by molar-refractivity contribution is 5.87. The first-order chi connectivity index (χ1) is 11.6. The van der Waals surface area contributed by atoms with Crippen molar-refractivity contribution in [2.24, 2.45) is 11.8 Å². The molecule has 2 aliphatic heterocycles. The number of amides is 3. The van der Waals surface area contributed by atoms with E-state index in [2.05, 4.69) is 0 Å². The first kappa shape index (κ1) is 17.2. The average Bonchev–Trinajstić information content (AvgIpc) is 2.63. The van der Waals surface area contributed by atoms with E-state index in [1.807, 2.05) is 9.80 Å². The summed E-state index contributed by atoms with van der Waals surface area (Å²) in [5.41, 5.74) is 0. The zero-order valence-corrected chi connectivity index (χ0v) is 14.7. The topological polar surface area (TPSA) is 60.9 Å². The van der Waals surface area contributed by atoms with Gasteiger partial charge in [0.2, 0.25) is 17.7 Å². The molecule has 0 radical (unpaired) electrons. The second-order valence-corrected chi connectivity index (χ2v) is 7.49. The lowest BCUT2D eigenvalue weighted by Crippen LogP contribution is -2.54. The van der Waals surface area contributed by atoms with Crippen LogP contribution in [0, 0.1) is 11.8 Å². The molecule has 2 saturated heterocycles. The van der Waals surface area contributed by atoms with Crippen LogP contribution in [-0.2, 0) is 14.4 Å². The van der Waals surface area contributed by atoms with Gasteiger partial charge in [-0.3, -0.25) is 14.4 Å². The summed E-state index contributed by atoms with van der Waals surface area (Å²) in [4.78, 5) is 42.5. The van der Waals surface area contributed by atoms with Crippen LogP contribution < -0.4 is 0 Å². The third-order valence-corrected chi connectivity index (χ3v) is 5.87. The molecule has 2 heterocycles. The maximum atomic E-state index is 12.6. The van der Waals surface area contributed by atoms with Gasteiger partial charge in [-0.1, -0.05) is 19.3 Å². The van der Waals surface area contributed by atoms with Crippen LogP contribution in [0.4, 0.5) is 0 Å². The molecule has 1 unspecified atom stereocenters. The van der Waals surface area contributed by atoms with E-state index < -0.39 is 0 Å². The second-order valence-electron chi connectivity index (χ2n) is 7.49. The minimum Gasteiger partial charge on any atom is -0.346 e. The number of hydrogen-bond donors (Lipinski definition) is 0. The molecule has 1 aliphatic carbocycles. The van der Waals surface area contributed by atoms with Crippen molar-refractivity contribution in [3.8, 4) is 0 Å². The summed E-state index contributed by atoms with van der Waals surface area (Å²) in [7, 11) is 1.79. The lowest BCUT2D eigenvalue weighted by Gasteiger charge is -2.39. The maximum absolute atomic E-state index is 12.6. The van der Waals surface area contributed by atoms with Gasteiger partial charge in [-0.25, -0.2) is 0 Å². The molecule has 134 valence electrons. The molecule has 3 aliphatic rings. The highest BCUT2D eigenvalue weighted by Crippen LogP contribution is 2.26. The zero-order valence-electron chi connectivity index (χ0n) is 14.7. The SMILES string of the molecule is CN1CCC(C(=O)N2CCN(C(=O)C3CCCCC3)CC2)CC1=O. The molecule has 1 atom stereocenters. The third-order valence-electron chi connectivity index (χ3n) is 5.87. The number of nitrogens with zero attached hydrogens (tertiary/aromatic N) is 3. The second kappa shape index (κ2) is 7.53. The van der Waals surface area contributed by atoms with E-state index in [4.69, 9.17) is 0 Å². The Balaban J connectivity index is 1.48. The molecule has 0 aromatic rings. The van der Waals surface area contributed by atoms with Gasteiger partial charge in [0.15, 0.2) is 0 Å². The number of piperidine rings is 1. The summed E-state index contributed by atoms with van der Waals surface area (Å²) in [6.45, 7) is 3.16. The quantitative estimate of drug-likeness (QED) is 0.759. The van der Waals surface area contributed by atoms with E-state index in [9.17, 15) is 14.4 Å². The lowest BCUT2D eigenvalue weighted by atomic mass is 9.88. The standard InChI is InChI=1S/C18H29N3O3/c1-19-8-7-15(13-16(19)22)18(24)21-11-9-20(10-12-21)17(23)14-5-3-2-4-6-14/h14-15H,2-13H2,1H3. The predicted molar refractivity (Wildman–Crippen MR) is 90.1 cm³/mol. The van der Waals surface area contributed by atoms with Crippen LogP contribution in [0.15, 0.2) is 0 Å². The van der Waals surface area contributed by atoms with Crippen molar-refractivity contribution in [3.05, 3.63) is 0 Å². The van der Waals surface area contributed by atoms with E-state index >= 15 is 0 Å². The van der Waals surface area contributed by atoms with E-state index in [0.717, 1.165) is 19.3 Å². The number of rotatable bonds is 2. The number of carbonyl (C=O) groups excluding carboxylic acids is 3. The van der Waals surface area contributed by atoms with Gasteiger partial charge in [0.25, 0.3) is 0 Å². The summed E-state index contributed by atoms with van der Waals surface area (Å²) < 4.78 is 0. The molecule has 0 spiro atoms. The summed E-state index contributed by atoms with van der Waals surface area (Å²) >= 11 is 0. The van der Waals surface area contributed by atoms with Crippen LogP contribution in [-0.4, -0.2) is 72.2 Å². The Morgan fingerprint density at radius 3 is 1.88 bits per heavy atom. The summed E-state index contributed by atoms with van der Waals surface area (Å²) in [5, 5.41) is 0. The van der Waals surface area contributed by atoms with Gasteiger partial charge >= 0.3 is 0 Å². The lowest BCUT2D eigenvalue weighted by molar-refractivity contribution is -0.148. The van der Waals surface area contributed by atoms with Crippen molar-refractivity contribution in [2.75, 3.05) is 39.8 Å². The Hall–Kier alpha value is -1.59. The summed E-state index contributed by atoms with van der Waals surface area (Å²) in [6, 6.07) is 0. The molecule has 1 saturated carbocycles. The van der Waals surface area contributed by atoms with Gasteiger partial charge in [-0.05, 0) is 19.3 Å². The zero-order chi connectivity index (χ0) is 17.1. The van der Waals surface area contributed by atoms with Gasteiger partial charge in [0.1, 0.15) is 0 Å². The molecule has 24 heavy (non-hydrogen) atoms. The molecule has 6 heteroatoms. The highest BCUT2D eigenvalue weighted by Gasteiger charge is 2.34. The van der Waals surface area contributed by atoms with Crippen LogP contribution in [0.1, 0.15) is 44.9 Å². The Morgan fingerprint density at radius 2 is 1.33 bits per heavy atom. The van der Waals surface area contributed by atoms with E-state index in [1.165, 1.54) is 19.3 Å². The molecule has 0 N–H and O–H groups in total. The van der Waals surface area contributed by atoms with Crippen molar-refractivity contribution >= 4 is 17.7 Å². The van der Waals surface area contributed by atoms with Crippen LogP contribution in [0.2, 0.25) is 0 Å². The molecule has 3 rings (SSSR count). The first-order valence-electron chi connectivity index (χ1n) is 9.38. The van der Waals surface area contributed by atoms with Gasteiger partial charge in [0.05, 0.1) is 0 Å². The van der Waals surface area contributed by atoms with Crippen molar-refractivity contribution in [1.82, 2.24) is 14.7 Å². The largest absolute Gasteiger partial charge is 0.346 e. The van der Waals surface area contributed by atoms with Crippen LogP contribution in [0.5, 0.6) is 0 Å². The van der Waals surface area contributed by atoms with Crippen molar-refractivity contribution in [1.29, 1.82) is 0 Å². The van der Waals surface area contributed by atoms with Crippen molar-refractivity contribution < 1.29 is 14.4 Å². The van der Waals surface area contributed by atoms with Gasteiger partial charge < -0.3 is 14.7 Å². The fraction of sp³-hybridized carbons (Fsp3) is 0.833. The van der Waals surface area contributed by atoms with Crippen molar-refractivity contribution in [3.63, 3.8) is 0 Å². The minimum absolute atomic E-state index is 0.0608. The van der Waals surface area contributed by atoms with E-state index in [-0.39, 0.29) is 29.6 Å². The summed E-state index contributed by atoms with van der Waals surface area (Å²) in [5.74, 6) is 0.477. The van der Waals surface area contributed by atoms with E-state index in [0.29, 0.717) is 39.1 Å². The van der Waals surface area contributed by atoms with Crippen LogP contribution >= 0.6 is 0 Å². The van der Waals surface area contributed by atoms with Crippen molar-refractivity contribution in [2.45, 2.75) is 44.9 Å². The monoisotopic (exact) mass is 335 g/mol. The molecule has 0 aromatic heterocycles. The Morgan fingerprint density at radius 1 is 0.792 bits per heavy atom. The molecule has 0 bridgehead atoms. The summed E-state index contributed by atoms with van der Waals surface area (Å²) in [6.07, 6.45) is 6.71. The number of hydrogen-bond acceptors (Lipinski definition) is 3. The molecule has 3 amide bonds. The van der Waals surface area contributed by atoms with Gasteiger partial charge in [-0.15, -0.1) is 0 Å². The molecular formula is C18H29N3O3. The molecule has 6 nitrogen and oxygen atoms in total. The Kier molecular flexibility index (Phi) is 5.41. The predicted octanol–water partition coefficient (Wildman–Crippen LogP) is 1.11. The fourth-order valence-corrected chi connectivity index (χ4v) is 4.17. The Labute approximate surface area is 144 Å². The van der Waals surface area contributed by atoms with Crippen LogP contribution in [0.3, 0.4) is 0 Å². The number of likely N-dealkylation sites (tertiary alicyclic amines) is 1. The van der Waals surface area contributed by atoms with Gasteiger partial charge in [-0.2, -0.15) is 0 Å². The highest BCUT2D eigenvalue weighted by atomic mass is 16.2. The molecular weight excluding hydrogens is 306 g/mol. The van der Waals surface area contributed by atoms with Gasteiger partial charge in [0, 0.05) is 58.0 Å². The minimum atomic E-state index is -0.172. The first-order valence-corrected chi connectivity index (χ1v) is 9.38. The number of piperazine rings is 1. The molecule has 3 fully saturated rings. The number of carbonyl (C=O) groups is 3. The van der Waals surface area contributed by atoms with Crippen LogP contribution in [0.25, 0.3) is 0 Å².